The summed E-state index contributed by atoms with van der Waals surface area (Å²) < 4.78 is 21.5. The van der Waals surface area contributed by atoms with Gasteiger partial charge in [-0.2, -0.15) is 0 Å². The van der Waals surface area contributed by atoms with Crippen LogP contribution in [-0.2, 0) is 20.9 Å². The molecule has 0 saturated heterocycles. The van der Waals surface area contributed by atoms with E-state index < -0.39 is 11.4 Å². The van der Waals surface area contributed by atoms with Gasteiger partial charge in [0, 0.05) is 12.5 Å². The van der Waals surface area contributed by atoms with Crippen LogP contribution in [0.1, 0.15) is 30.4 Å². The lowest BCUT2D eigenvalue weighted by atomic mass is 9.97. The minimum atomic E-state index is -1.27. The third-order valence-electron chi connectivity index (χ3n) is 5.39. The number of hydrogen-bond acceptors (Lipinski definition) is 6. The zero-order valence-electron chi connectivity index (χ0n) is 17.7. The molecule has 1 aliphatic carbocycles. The van der Waals surface area contributed by atoms with E-state index in [4.69, 9.17) is 18.9 Å². The first kappa shape index (κ1) is 21.5. The highest BCUT2D eigenvalue weighted by Crippen LogP contribution is 2.61. The molecule has 0 spiro atoms. The molecule has 1 N–H and O–H groups in total. The number of nitrogens with one attached hydrogen (secondary N) is 1. The molecule has 1 fully saturated rings. The third-order valence-corrected chi connectivity index (χ3v) is 5.39. The van der Waals surface area contributed by atoms with Gasteiger partial charge in [0.05, 0.1) is 27.9 Å². The summed E-state index contributed by atoms with van der Waals surface area (Å²) in [6.07, 6.45) is 0.352. The average Bonchev–Trinajstić information content (AvgIpc) is 3.54. The fraction of sp³-hybridized carbons (Fsp3) is 0.391. The third kappa shape index (κ3) is 3.92. The molecular weight excluding hydrogens is 386 g/mol. The zero-order valence-corrected chi connectivity index (χ0v) is 17.7. The van der Waals surface area contributed by atoms with Gasteiger partial charge in [-0.1, -0.05) is 30.3 Å². The topological polar surface area (TPSA) is 83.1 Å². The van der Waals surface area contributed by atoms with E-state index in [2.05, 4.69) is 5.32 Å². The Morgan fingerprint density at radius 1 is 1.03 bits per heavy atom. The van der Waals surface area contributed by atoms with Crippen molar-refractivity contribution in [2.24, 2.45) is 5.41 Å². The number of carbonyl (C=O) groups is 2. The molecule has 0 aliphatic heterocycles. The van der Waals surface area contributed by atoms with Gasteiger partial charge < -0.3 is 24.3 Å². The van der Waals surface area contributed by atoms with Gasteiger partial charge in [0.1, 0.15) is 0 Å². The van der Waals surface area contributed by atoms with E-state index in [0.29, 0.717) is 30.2 Å². The monoisotopic (exact) mass is 413 g/mol. The van der Waals surface area contributed by atoms with Crippen LogP contribution >= 0.6 is 0 Å². The van der Waals surface area contributed by atoms with Gasteiger partial charge in [0.25, 0.3) is 0 Å². The minimum Gasteiger partial charge on any atom is -0.493 e. The van der Waals surface area contributed by atoms with E-state index in [0.717, 1.165) is 11.1 Å². The quantitative estimate of drug-likeness (QED) is 0.503. The Hall–Kier alpha value is -3.22. The van der Waals surface area contributed by atoms with E-state index in [9.17, 15) is 9.59 Å². The number of benzene rings is 2. The van der Waals surface area contributed by atoms with Gasteiger partial charge in [-0.25, -0.2) is 0 Å². The average molecular weight is 413 g/mol. The highest BCUT2D eigenvalue weighted by atomic mass is 16.5. The lowest BCUT2D eigenvalue weighted by Crippen LogP contribution is -2.39. The van der Waals surface area contributed by atoms with Crippen LogP contribution in [-0.4, -0.2) is 39.8 Å². The number of ether oxygens (including phenoxy) is 4. The van der Waals surface area contributed by atoms with Crippen LogP contribution in [0.3, 0.4) is 0 Å². The van der Waals surface area contributed by atoms with Crippen molar-refractivity contribution in [2.75, 3.05) is 27.9 Å². The Morgan fingerprint density at radius 3 is 2.20 bits per heavy atom. The van der Waals surface area contributed by atoms with E-state index in [1.54, 1.807) is 19.1 Å². The summed E-state index contributed by atoms with van der Waals surface area (Å²) in [5.41, 5.74) is 0.442. The molecule has 7 nitrogen and oxygen atoms in total. The maximum atomic E-state index is 13.1. The summed E-state index contributed by atoms with van der Waals surface area (Å²) in [5.74, 6) is 0.195. The molecule has 0 radical (unpaired) electrons. The molecule has 0 bridgehead atoms. The second kappa shape index (κ2) is 9.07. The van der Waals surface area contributed by atoms with Gasteiger partial charge in [0.15, 0.2) is 16.9 Å². The van der Waals surface area contributed by atoms with E-state index in [1.165, 1.54) is 21.3 Å². The lowest BCUT2D eigenvalue weighted by Gasteiger charge is -2.18. The molecule has 30 heavy (non-hydrogen) atoms. The molecule has 1 saturated carbocycles. The second-order valence-corrected chi connectivity index (χ2v) is 7.08. The Balaban J connectivity index is 1.89. The zero-order chi connectivity index (χ0) is 21.7. The van der Waals surface area contributed by atoms with Crippen molar-refractivity contribution in [3.05, 3.63) is 53.6 Å². The second-order valence-electron chi connectivity index (χ2n) is 7.08. The van der Waals surface area contributed by atoms with Crippen molar-refractivity contribution in [3.63, 3.8) is 0 Å². The van der Waals surface area contributed by atoms with Crippen molar-refractivity contribution in [1.82, 2.24) is 5.32 Å². The normalized spacial score (nSPS) is 19.5. The molecule has 160 valence electrons. The summed E-state index contributed by atoms with van der Waals surface area (Å²) in [7, 11) is 4.58. The highest BCUT2D eigenvalue weighted by molar-refractivity contribution is 6.07. The molecule has 0 heterocycles. The van der Waals surface area contributed by atoms with Gasteiger partial charge in [-0.05, 0) is 36.6 Å². The molecule has 1 aliphatic rings. The Morgan fingerprint density at radius 2 is 1.67 bits per heavy atom. The number of esters is 1. The Kier molecular flexibility index (Phi) is 6.50. The summed E-state index contributed by atoms with van der Waals surface area (Å²) in [6, 6.07) is 13.1. The SMILES string of the molecule is CCOC(=O)[C@@]1(C(=O)NCc2ccccc2)C[C@H]1c1cc(OC)c(OC)c(OC)c1. The summed E-state index contributed by atoms with van der Waals surface area (Å²) in [4.78, 5) is 26.0. The molecule has 1 amide bonds. The van der Waals surface area contributed by atoms with Crippen molar-refractivity contribution in [2.45, 2.75) is 25.8 Å². The van der Waals surface area contributed by atoms with Crippen LogP contribution in [0.5, 0.6) is 17.2 Å². The molecule has 0 unspecified atom stereocenters. The summed E-state index contributed by atoms with van der Waals surface area (Å²) in [5, 5.41) is 2.89. The molecule has 7 heteroatoms. The van der Waals surface area contributed by atoms with E-state index in [-0.39, 0.29) is 18.4 Å². The maximum Gasteiger partial charge on any atom is 0.322 e. The summed E-state index contributed by atoms with van der Waals surface area (Å²) >= 11 is 0. The predicted molar refractivity (Wildman–Crippen MR) is 111 cm³/mol. The fourth-order valence-electron chi connectivity index (χ4n) is 3.73. The molecular formula is C23H27NO6. The van der Waals surface area contributed by atoms with Gasteiger partial charge in [-0.3, -0.25) is 9.59 Å². The van der Waals surface area contributed by atoms with Crippen LogP contribution in [0, 0.1) is 5.41 Å². The van der Waals surface area contributed by atoms with Crippen molar-refractivity contribution >= 4 is 11.9 Å². The highest BCUT2D eigenvalue weighted by Gasteiger charge is 2.67. The number of carbonyl (C=O) groups excluding carboxylic acids is 2. The molecule has 2 aromatic carbocycles. The van der Waals surface area contributed by atoms with Crippen LogP contribution in [0.4, 0.5) is 0 Å². The molecule has 2 aromatic rings. The first-order valence-electron chi connectivity index (χ1n) is 9.81. The molecule has 2 atom stereocenters. The number of amides is 1. The summed E-state index contributed by atoms with van der Waals surface area (Å²) in [6.45, 7) is 2.27. The number of hydrogen-bond donors (Lipinski definition) is 1. The molecule has 0 aromatic heterocycles. The fourth-order valence-corrected chi connectivity index (χ4v) is 3.73. The maximum absolute atomic E-state index is 13.1. The van der Waals surface area contributed by atoms with Crippen LogP contribution < -0.4 is 19.5 Å². The van der Waals surface area contributed by atoms with Crippen molar-refractivity contribution in [1.29, 1.82) is 0 Å². The van der Waals surface area contributed by atoms with Gasteiger partial charge in [0.2, 0.25) is 11.7 Å². The van der Waals surface area contributed by atoms with Gasteiger partial charge >= 0.3 is 5.97 Å². The number of rotatable bonds is 9. The minimum absolute atomic E-state index is 0.203. The van der Waals surface area contributed by atoms with Crippen molar-refractivity contribution < 1.29 is 28.5 Å². The predicted octanol–water partition coefficient (Wildman–Crippen LogP) is 3.07. The van der Waals surface area contributed by atoms with E-state index in [1.807, 2.05) is 30.3 Å². The van der Waals surface area contributed by atoms with Crippen LogP contribution in [0.2, 0.25) is 0 Å². The first-order chi connectivity index (χ1) is 14.5. The Labute approximate surface area is 176 Å². The lowest BCUT2D eigenvalue weighted by molar-refractivity contribution is -0.154. The smallest absolute Gasteiger partial charge is 0.322 e. The standard InChI is InChI=1S/C23H27NO6/c1-5-30-22(26)23(21(25)24-14-15-9-7-6-8-10-15)13-17(23)16-11-18(27-2)20(29-4)19(12-16)28-3/h6-12,17H,5,13-14H2,1-4H3,(H,24,25)/t17-,23-/m0/s1. The van der Waals surface area contributed by atoms with E-state index >= 15 is 0 Å². The van der Waals surface area contributed by atoms with Gasteiger partial charge in [-0.15, -0.1) is 0 Å². The van der Waals surface area contributed by atoms with Crippen LogP contribution in [0.15, 0.2) is 42.5 Å². The Bertz CT molecular complexity index is 888. The van der Waals surface area contributed by atoms with Crippen LogP contribution in [0.25, 0.3) is 0 Å². The molecule has 3 rings (SSSR count). The number of methoxy groups -OCH3 is 3. The first-order valence-corrected chi connectivity index (χ1v) is 9.81. The largest absolute Gasteiger partial charge is 0.493 e. The van der Waals surface area contributed by atoms with Crippen molar-refractivity contribution in [3.8, 4) is 17.2 Å².